The lowest BCUT2D eigenvalue weighted by atomic mass is 9.87. The van der Waals surface area contributed by atoms with E-state index >= 15 is 0 Å². The van der Waals surface area contributed by atoms with E-state index in [0.29, 0.717) is 12.0 Å². The zero-order chi connectivity index (χ0) is 12.0. The number of hydrogen-bond acceptors (Lipinski definition) is 2. The van der Waals surface area contributed by atoms with Crippen molar-refractivity contribution in [3.8, 4) is 0 Å². The molecule has 0 spiro atoms. The van der Waals surface area contributed by atoms with E-state index in [4.69, 9.17) is 4.74 Å². The summed E-state index contributed by atoms with van der Waals surface area (Å²) in [6, 6.07) is 0.738. The van der Waals surface area contributed by atoms with Gasteiger partial charge in [0.2, 0.25) is 0 Å². The lowest BCUT2D eigenvalue weighted by Crippen LogP contribution is -2.36. The fraction of sp³-hybridized carbons (Fsp3) is 1.00. The minimum absolute atomic E-state index is 0.382. The van der Waals surface area contributed by atoms with Crippen LogP contribution in [0.3, 0.4) is 0 Å². The Kier molecular flexibility index (Phi) is 6.37. The van der Waals surface area contributed by atoms with Gasteiger partial charge in [-0.2, -0.15) is 0 Å². The molecule has 0 heterocycles. The third-order valence-corrected chi connectivity index (χ3v) is 3.79. The van der Waals surface area contributed by atoms with Crippen LogP contribution in [-0.4, -0.2) is 25.3 Å². The first-order valence-electron chi connectivity index (χ1n) is 6.94. The van der Waals surface area contributed by atoms with Gasteiger partial charge in [0, 0.05) is 12.6 Å². The Bertz CT molecular complexity index is 182. The van der Waals surface area contributed by atoms with Gasteiger partial charge in [-0.1, -0.05) is 33.6 Å². The maximum Gasteiger partial charge on any atom is 0.0594 e. The minimum atomic E-state index is 0.382. The van der Waals surface area contributed by atoms with Crippen molar-refractivity contribution < 1.29 is 4.74 Å². The van der Waals surface area contributed by atoms with Crippen LogP contribution in [-0.2, 0) is 4.74 Å². The van der Waals surface area contributed by atoms with Crippen molar-refractivity contribution in [1.82, 2.24) is 5.32 Å². The molecule has 1 N–H and O–H groups in total. The molecule has 16 heavy (non-hydrogen) atoms. The molecule has 1 aliphatic rings. The van der Waals surface area contributed by atoms with E-state index in [1.165, 1.54) is 25.7 Å². The van der Waals surface area contributed by atoms with Crippen molar-refractivity contribution in [2.24, 2.45) is 11.8 Å². The van der Waals surface area contributed by atoms with Gasteiger partial charge in [0.1, 0.15) is 0 Å². The van der Waals surface area contributed by atoms with Gasteiger partial charge in [-0.25, -0.2) is 0 Å². The summed E-state index contributed by atoms with van der Waals surface area (Å²) in [7, 11) is 0. The average Bonchev–Trinajstić information content (AvgIpc) is 2.24. The van der Waals surface area contributed by atoms with Crippen molar-refractivity contribution in [1.29, 1.82) is 0 Å². The Morgan fingerprint density at radius 1 is 1.25 bits per heavy atom. The molecule has 0 aromatic rings. The molecule has 3 unspecified atom stereocenters. The second-order valence-corrected chi connectivity index (χ2v) is 5.74. The number of ether oxygens (including phenoxy) is 1. The lowest BCUT2D eigenvalue weighted by molar-refractivity contribution is 0.0356. The summed E-state index contributed by atoms with van der Waals surface area (Å²) in [6.07, 6.45) is 5.89. The summed E-state index contributed by atoms with van der Waals surface area (Å²) >= 11 is 0. The zero-order valence-electron chi connectivity index (χ0n) is 11.5. The first kappa shape index (κ1) is 14.0. The minimum Gasteiger partial charge on any atom is -0.377 e. The van der Waals surface area contributed by atoms with Crippen LogP contribution in [0.1, 0.15) is 53.4 Å². The highest BCUT2D eigenvalue weighted by atomic mass is 16.5. The third-order valence-electron chi connectivity index (χ3n) is 3.79. The van der Waals surface area contributed by atoms with Gasteiger partial charge in [0.15, 0.2) is 0 Å². The Balaban J connectivity index is 2.02. The van der Waals surface area contributed by atoms with Crippen LogP contribution in [0.25, 0.3) is 0 Å². The third kappa shape index (κ3) is 5.31. The number of nitrogens with one attached hydrogen (secondary N) is 1. The zero-order valence-corrected chi connectivity index (χ0v) is 11.5. The molecule has 0 saturated heterocycles. The Hall–Kier alpha value is -0.0800. The summed E-state index contributed by atoms with van der Waals surface area (Å²) in [6.45, 7) is 10.8. The molecule has 0 radical (unpaired) electrons. The highest BCUT2D eigenvalue weighted by Gasteiger charge is 2.17. The van der Waals surface area contributed by atoms with Crippen LogP contribution in [0.15, 0.2) is 0 Å². The summed E-state index contributed by atoms with van der Waals surface area (Å²) in [4.78, 5) is 0. The van der Waals surface area contributed by atoms with Crippen LogP contribution < -0.4 is 5.32 Å². The predicted molar refractivity (Wildman–Crippen MR) is 69.7 cm³/mol. The van der Waals surface area contributed by atoms with Gasteiger partial charge in [-0.05, 0) is 31.6 Å². The Morgan fingerprint density at radius 3 is 2.62 bits per heavy atom. The first-order valence-corrected chi connectivity index (χ1v) is 6.94. The predicted octanol–water partition coefficient (Wildman–Crippen LogP) is 3.22. The van der Waals surface area contributed by atoms with Crippen molar-refractivity contribution in [2.45, 2.75) is 65.5 Å². The van der Waals surface area contributed by atoms with Crippen LogP contribution >= 0.6 is 0 Å². The highest BCUT2D eigenvalue weighted by molar-refractivity contribution is 4.75. The largest absolute Gasteiger partial charge is 0.377 e. The van der Waals surface area contributed by atoms with Crippen molar-refractivity contribution in [3.05, 3.63) is 0 Å². The van der Waals surface area contributed by atoms with Gasteiger partial charge < -0.3 is 10.1 Å². The summed E-state index contributed by atoms with van der Waals surface area (Å²) in [5, 5.41) is 3.62. The molecule has 0 bridgehead atoms. The van der Waals surface area contributed by atoms with Gasteiger partial charge in [0.05, 0.1) is 12.7 Å². The molecule has 2 nitrogen and oxygen atoms in total. The standard InChI is InChI=1S/C14H29NO/c1-11(2)13(4)16-9-8-15-14-7-5-6-12(3)10-14/h11-15H,5-10H2,1-4H3. The first-order chi connectivity index (χ1) is 7.59. The molecule has 0 aliphatic heterocycles. The van der Waals surface area contributed by atoms with Gasteiger partial charge in [-0.3, -0.25) is 0 Å². The summed E-state index contributed by atoms with van der Waals surface area (Å²) < 4.78 is 5.76. The lowest BCUT2D eigenvalue weighted by Gasteiger charge is -2.28. The quantitative estimate of drug-likeness (QED) is 0.704. The van der Waals surface area contributed by atoms with Crippen LogP contribution in [0.5, 0.6) is 0 Å². The molecule has 1 fully saturated rings. The molecular weight excluding hydrogens is 198 g/mol. The van der Waals surface area contributed by atoms with E-state index < -0.39 is 0 Å². The van der Waals surface area contributed by atoms with Gasteiger partial charge in [0.25, 0.3) is 0 Å². The molecule has 0 aromatic heterocycles. The molecule has 96 valence electrons. The van der Waals surface area contributed by atoms with E-state index in [9.17, 15) is 0 Å². The summed E-state index contributed by atoms with van der Waals surface area (Å²) in [5.74, 6) is 1.52. The van der Waals surface area contributed by atoms with E-state index in [-0.39, 0.29) is 0 Å². The molecule has 3 atom stereocenters. The number of hydrogen-bond donors (Lipinski definition) is 1. The molecule has 1 saturated carbocycles. The van der Waals surface area contributed by atoms with Crippen LogP contribution in [0.4, 0.5) is 0 Å². The molecule has 2 heteroatoms. The molecule has 0 aromatic carbocycles. The normalized spacial score (nSPS) is 28.3. The maximum absolute atomic E-state index is 5.76. The Labute approximate surface area is 101 Å². The second-order valence-electron chi connectivity index (χ2n) is 5.74. The highest BCUT2D eigenvalue weighted by Crippen LogP contribution is 2.23. The molecule has 1 rings (SSSR count). The van der Waals surface area contributed by atoms with E-state index in [1.807, 2.05) is 0 Å². The van der Waals surface area contributed by atoms with E-state index in [1.54, 1.807) is 0 Å². The average molecular weight is 227 g/mol. The molecule has 1 aliphatic carbocycles. The topological polar surface area (TPSA) is 21.3 Å². The molecular formula is C14H29NO. The SMILES string of the molecule is CC1CCCC(NCCOC(C)C(C)C)C1. The molecule has 0 amide bonds. The van der Waals surface area contributed by atoms with Crippen LogP contribution in [0, 0.1) is 11.8 Å². The fourth-order valence-electron chi connectivity index (χ4n) is 2.32. The number of rotatable bonds is 6. The Morgan fingerprint density at radius 2 is 2.00 bits per heavy atom. The van der Waals surface area contributed by atoms with Crippen molar-refractivity contribution in [2.75, 3.05) is 13.2 Å². The monoisotopic (exact) mass is 227 g/mol. The van der Waals surface area contributed by atoms with E-state index in [2.05, 4.69) is 33.0 Å². The fourth-order valence-corrected chi connectivity index (χ4v) is 2.32. The second kappa shape index (κ2) is 7.29. The van der Waals surface area contributed by atoms with Gasteiger partial charge >= 0.3 is 0 Å². The smallest absolute Gasteiger partial charge is 0.0594 e. The van der Waals surface area contributed by atoms with Crippen molar-refractivity contribution in [3.63, 3.8) is 0 Å². The summed E-state index contributed by atoms with van der Waals surface area (Å²) in [5.41, 5.74) is 0. The maximum atomic E-state index is 5.76. The van der Waals surface area contributed by atoms with Gasteiger partial charge in [-0.15, -0.1) is 0 Å². The van der Waals surface area contributed by atoms with Crippen molar-refractivity contribution >= 4 is 0 Å². The van der Waals surface area contributed by atoms with E-state index in [0.717, 1.165) is 25.1 Å². The van der Waals surface area contributed by atoms with Crippen LogP contribution in [0.2, 0.25) is 0 Å².